The number of nitrogens with one attached hydrogen (secondary N) is 2. The lowest BCUT2D eigenvalue weighted by molar-refractivity contribution is 0.586. The number of rotatable bonds is 2. The van der Waals surface area contributed by atoms with Gasteiger partial charge in [-0.3, -0.25) is 0 Å². The van der Waals surface area contributed by atoms with Crippen molar-refractivity contribution < 1.29 is 8.78 Å². The predicted octanol–water partition coefficient (Wildman–Crippen LogP) is 4.35. The summed E-state index contributed by atoms with van der Waals surface area (Å²) in [6.45, 7) is 0. The van der Waals surface area contributed by atoms with Crippen LogP contribution in [-0.2, 0) is 0 Å². The fraction of sp³-hybridized carbons (Fsp3) is 0. The topological polar surface area (TPSA) is 40.7 Å². The van der Waals surface area contributed by atoms with E-state index in [1.165, 1.54) is 12.1 Å². The van der Waals surface area contributed by atoms with Crippen LogP contribution >= 0.6 is 15.9 Å². The zero-order valence-electron chi connectivity index (χ0n) is 9.55. The van der Waals surface area contributed by atoms with Crippen LogP contribution in [0.5, 0.6) is 0 Å². The van der Waals surface area contributed by atoms with Crippen molar-refractivity contribution in [1.29, 1.82) is 0 Å². The third-order valence-electron chi connectivity index (χ3n) is 2.63. The molecule has 0 radical (unpaired) electrons. The van der Waals surface area contributed by atoms with E-state index in [9.17, 15) is 8.78 Å². The lowest BCUT2D eigenvalue weighted by Crippen LogP contribution is -1.95. The molecular weight excluding hydrogens is 316 g/mol. The number of hydrogen-bond acceptors (Lipinski definition) is 2. The van der Waals surface area contributed by atoms with E-state index in [0.717, 1.165) is 21.6 Å². The lowest BCUT2D eigenvalue weighted by atomic mass is 10.3. The largest absolute Gasteiger partial charge is 0.324 e. The second-order valence-corrected chi connectivity index (χ2v) is 4.91. The number of imidazole rings is 1. The molecule has 0 saturated heterocycles. The predicted molar refractivity (Wildman–Crippen MR) is 73.4 cm³/mol. The molecule has 0 spiro atoms. The number of fused-ring (bicyclic) bond motifs is 1. The number of nitrogens with zero attached hydrogens (tertiary/aromatic N) is 1. The van der Waals surface area contributed by atoms with E-state index in [1.807, 2.05) is 18.2 Å². The third-order valence-corrected chi connectivity index (χ3v) is 3.12. The molecule has 0 aliphatic heterocycles. The van der Waals surface area contributed by atoms with Crippen LogP contribution in [-0.4, -0.2) is 9.97 Å². The van der Waals surface area contributed by atoms with Crippen molar-refractivity contribution in [1.82, 2.24) is 9.97 Å². The molecule has 0 fully saturated rings. The van der Waals surface area contributed by atoms with Crippen molar-refractivity contribution >= 4 is 38.6 Å². The summed E-state index contributed by atoms with van der Waals surface area (Å²) < 4.78 is 27.2. The zero-order valence-corrected chi connectivity index (χ0v) is 11.1. The second kappa shape index (κ2) is 4.62. The van der Waals surface area contributed by atoms with E-state index in [-0.39, 0.29) is 5.69 Å². The highest BCUT2D eigenvalue weighted by atomic mass is 79.9. The van der Waals surface area contributed by atoms with Gasteiger partial charge in [0.15, 0.2) is 0 Å². The molecule has 3 nitrogen and oxygen atoms in total. The average Bonchev–Trinajstić information content (AvgIpc) is 2.74. The molecular formula is C13H8BrF2N3. The molecule has 96 valence electrons. The normalized spacial score (nSPS) is 10.9. The molecule has 1 aromatic heterocycles. The van der Waals surface area contributed by atoms with Gasteiger partial charge in [-0.1, -0.05) is 15.9 Å². The summed E-state index contributed by atoms with van der Waals surface area (Å²) in [7, 11) is 0. The number of hydrogen-bond donors (Lipinski definition) is 2. The molecule has 0 aliphatic carbocycles. The standard InChI is InChI=1S/C13H8BrF2N3/c14-7-1-3-11-12(5-7)19-13(18-11)17-10-4-2-8(15)6-9(10)16/h1-6H,(H2,17,18,19). The Morgan fingerprint density at radius 3 is 2.74 bits per heavy atom. The highest BCUT2D eigenvalue weighted by Gasteiger charge is 2.07. The first-order chi connectivity index (χ1) is 9.11. The molecule has 3 aromatic rings. The average molecular weight is 324 g/mol. The molecule has 1 heterocycles. The Kier molecular flexibility index (Phi) is 2.94. The van der Waals surface area contributed by atoms with Crippen molar-refractivity contribution in [3.8, 4) is 0 Å². The third kappa shape index (κ3) is 2.44. The first-order valence-corrected chi connectivity index (χ1v) is 6.28. The summed E-state index contributed by atoms with van der Waals surface area (Å²) in [5, 5.41) is 2.78. The maximum absolute atomic E-state index is 13.5. The van der Waals surface area contributed by atoms with Gasteiger partial charge in [0, 0.05) is 10.5 Å². The summed E-state index contributed by atoms with van der Waals surface area (Å²) in [5.74, 6) is -0.878. The molecule has 0 bridgehead atoms. The Morgan fingerprint density at radius 1 is 1.11 bits per heavy atom. The molecule has 2 N–H and O–H groups in total. The Bertz CT molecular complexity index is 755. The minimum atomic E-state index is -0.665. The number of benzene rings is 2. The van der Waals surface area contributed by atoms with Crippen molar-refractivity contribution in [2.24, 2.45) is 0 Å². The Morgan fingerprint density at radius 2 is 1.95 bits per heavy atom. The van der Waals surface area contributed by atoms with Gasteiger partial charge in [0.1, 0.15) is 11.6 Å². The van der Waals surface area contributed by atoms with Gasteiger partial charge in [-0.15, -0.1) is 0 Å². The van der Waals surface area contributed by atoms with Crippen LogP contribution in [0.3, 0.4) is 0 Å². The fourth-order valence-corrected chi connectivity index (χ4v) is 2.12. The summed E-state index contributed by atoms with van der Waals surface area (Å²) >= 11 is 3.36. The highest BCUT2D eigenvalue weighted by molar-refractivity contribution is 9.10. The molecule has 0 saturated carbocycles. The van der Waals surface area contributed by atoms with Crippen molar-refractivity contribution in [3.05, 3.63) is 52.5 Å². The molecule has 19 heavy (non-hydrogen) atoms. The van der Waals surface area contributed by atoms with E-state index in [1.54, 1.807) is 0 Å². The Balaban J connectivity index is 1.96. The molecule has 0 unspecified atom stereocenters. The van der Waals surface area contributed by atoms with E-state index >= 15 is 0 Å². The minimum absolute atomic E-state index is 0.166. The van der Waals surface area contributed by atoms with Gasteiger partial charge < -0.3 is 10.3 Å². The van der Waals surface area contributed by atoms with Crippen molar-refractivity contribution in [2.45, 2.75) is 0 Å². The molecule has 3 rings (SSSR count). The van der Waals surface area contributed by atoms with E-state index < -0.39 is 11.6 Å². The summed E-state index contributed by atoms with van der Waals surface area (Å²) in [5.41, 5.74) is 1.74. The van der Waals surface area contributed by atoms with Gasteiger partial charge in [-0.25, -0.2) is 13.8 Å². The van der Waals surface area contributed by atoms with Crippen LogP contribution in [0.4, 0.5) is 20.4 Å². The Hall–Kier alpha value is -1.95. The van der Waals surface area contributed by atoms with Crippen LogP contribution in [0.15, 0.2) is 40.9 Å². The van der Waals surface area contributed by atoms with E-state index in [0.29, 0.717) is 5.95 Å². The lowest BCUT2D eigenvalue weighted by Gasteiger charge is -2.03. The SMILES string of the molecule is Fc1ccc(Nc2nc3ccc(Br)cc3[nH]2)c(F)c1. The number of aromatic amines is 1. The van der Waals surface area contributed by atoms with Crippen LogP contribution in [0.25, 0.3) is 11.0 Å². The van der Waals surface area contributed by atoms with E-state index in [4.69, 9.17) is 0 Å². The van der Waals surface area contributed by atoms with Gasteiger partial charge in [-0.05, 0) is 30.3 Å². The number of anilines is 2. The van der Waals surface area contributed by atoms with Gasteiger partial charge in [0.25, 0.3) is 0 Å². The van der Waals surface area contributed by atoms with Crippen molar-refractivity contribution in [3.63, 3.8) is 0 Å². The first kappa shape index (κ1) is 12.1. The molecule has 0 aliphatic rings. The molecule has 6 heteroatoms. The van der Waals surface area contributed by atoms with Crippen LogP contribution in [0.2, 0.25) is 0 Å². The maximum Gasteiger partial charge on any atom is 0.205 e. The second-order valence-electron chi connectivity index (χ2n) is 4.00. The Labute approximate surface area is 115 Å². The fourth-order valence-electron chi connectivity index (χ4n) is 1.76. The van der Waals surface area contributed by atoms with E-state index in [2.05, 4.69) is 31.2 Å². The summed E-state index contributed by atoms with van der Waals surface area (Å²) in [6.07, 6.45) is 0. The van der Waals surface area contributed by atoms with Gasteiger partial charge in [-0.2, -0.15) is 0 Å². The molecule has 2 aromatic carbocycles. The summed E-state index contributed by atoms with van der Waals surface area (Å²) in [6, 6.07) is 8.90. The quantitative estimate of drug-likeness (QED) is 0.736. The summed E-state index contributed by atoms with van der Waals surface area (Å²) in [4.78, 5) is 7.28. The number of halogens is 3. The van der Waals surface area contributed by atoms with Crippen molar-refractivity contribution in [2.75, 3.05) is 5.32 Å². The van der Waals surface area contributed by atoms with Gasteiger partial charge in [0.2, 0.25) is 5.95 Å². The highest BCUT2D eigenvalue weighted by Crippen LogP contribution is 2.23. The molecule has 0 amide bonds. The zero-order chi connectivity index (χ0) is 13.4. The monoisotopic (exact) mass is 323 g/mol. The number of H-pyrrole nitrogens is 1. The first-order valence-electron chi connectivity index (χ1n) is 5.49. The van der Waals surface area contributed by atoms with Crippen LogP contribution in [0.1, 0.15) is 0 Å². The smallest absolute Gasteiger partial charge is 0.205 e. The van der Waals surface area contributed by atoms with Gasteiger partial charge in [0.05, 0.1) is 16.7 Å². The van der Waals surface area contributed by atoms with Crippen LogP contribution < -0.4 is 5.32 Å². The number of aromatic nitrogens is 2. The van der Waals surface area contributed by atoms with Gasteiger partial charge >= 0.3 is 0 Å². The minimum Gasteiger partial charge on any atom is -0.324 e. The molecule has 0 atom stereocenters. The maximum atomic E-state index is 13.5. The van der Waals surface area contributed by atoms with Crippen LogP contribution in [0, 0.1) is 11.6 Å².